The first-order chi connectivity index (χ1) is 10.3. The molecular formula is C18H30N2O2. The van der Waals surface area contributed by atoms with Gasteiger partial charge in [-0.2, -0.15) is 0 Å². The first kappa shape index (κ1) is 18.5. The Balaban J connectivity index is 2.35. The summed E-state index contributed by atoms with van der Waals surface area (Å²) in [5.74, 6) is 0.808. The molecule has 4 heteroatoms. The standard InChI is InChI=1S/C18H30N2O2/c1-5-6-13-22-15-9-7-14(8-10-15)11-12-20-17(21)16(19)18(2,3)4/h7-10,16H,5-6,11-13,19H2,1-4H3,(H,20,21)/t16-/m1/s1. The molecule has 22 heavy (non-hydrogen) atoms. The molecule has 0 saturated heterocycles. The van der Waals surface area contributed by atoms with Gasteiger partial charge in [0.25, 0.3) is 0 Å². The Labute approximate surface area is 134 Å². The number of carbonyl (C=O) groups is 1. The van der Waals surface area contributed by atoms with E-state index in [1.165, 1.54) is 5.56 Å². The van der Waals surface area contributed by atoms with Crippen molar-refractivity contribution < 1.29 is 9.53 Å². The van der Waals surface area contributed by atoms with E-state index in [2.05, 4.69) is 12.2 Å². The minimum absolute atomic E-state index is 0.0907. The van der Waals surface area contributed by atoms with Crippen molar-refractivity contribution in [1.29, 1.82) is 0 Å². The Morgan fingerprint density at radius 2 is 1.91 bits per heavy atom. The number of nitrogens with one attached hydrogen (secondary N) is 1. The summed E-state index contributed by atoms with van der Waals surface area (Å²) in [6.45, 7) is 9.40. The highest BCUT2D eigenvalue weighted by Crippen LogP contribution is 2.17. The quantitative estimate of drug-likeness (QED) is 0.726. The fourth-order valence-electron chi connectivity index (χ4n) is 1.92. The van der Waals surface area contributed by atoms with Gasteiger partial charge in [0.2, 0.25) is 5.91 Å². The van der Waals surface area contributed by atoms with E-state index in [0.29, 0.717) is 6.54 Å². The molecule has 0 aliphatic carbocycles. The molecule has 0 fully saturated rings. The predicted octanol–water partition coefficient (Wildman–Crippen LogP) is 2.90. The molecule has 0 heterocycles. The lowest BCUT2D eigenvalue weighted by Gasteiger charge is -2.25. The molecule has 0 aliphatic heterocycles. The average Bonchev–Trinajstić information content (AvgIpc) is 2.47. The molecule has 0 spiro atoms. The van der Waals surface area contributed by atoms with Crippen LogP contribution in [0.2, 0.25) is 0 Å². The molecule has 0 unspecified atom stereocenters. The summed E-state index contributed by atoms with van der Waals surface area (Å²) in [5, 5.41) is 2.90. The fourth-order valence-corrected chi connectivity index (χ4v) is 1.92. The molecule has 0 aromatic heterocycles. The van der Waals surface area contributed by atoms with Crippen LogP contribution in [0.3, 0.4) is 0 Å². The minimum atomic E-state index is -0.484. The van der Waals surface area contributed by atoms with E-state index in [9.17, 15) is 4.79 Å². The molecule has 1 aromatic rings. The molecular weight excluding hydrogens is 276 g/mol. The number of hydrogen-bond acceptors (Lipinski definition) is 3. The van der Waals surface area contributed by atoms with E-state index >= 15 is 0 Å². The lowest BCUT2D eigenvalue weighted by Crippen LogP contribution is -2.48. The third-order valence-electron chi connectivity index (χ3n) is 3.62. The van der Waals surface area contributed by atoms with Crippen molar-refractivity contribution in [3.05, 3.63) is 29.8 Å². The minimum Gasteiger partial charge on any atom is -0.494 e. The summed E-state index contributed by atoms with van der Waals surface area (Å²) in [7, 11) is 0. The van der Waals surface area contributed by atoms with E-state index in [0.717, 1.165) is 31.6 Å². The Bertz CT molecular complexity index is 449. The maximum Gasteiger partial charge on any atom is 0.237 e. The van der Waals surface area contributed by atoms with Crippen LogP contribution in [0, 0.1) is 5.41 Å². The van der Waals surface area contributed by atoms with Gasteiger partial charge in [-0.25, -0.2) is 0 Å². The highest BCUT2D eigenvalue weighted by molar-refractivity contribution is 5.82. The Kier molecular flexibility index (Phi) is 7.39. The summed E-state index contributed by atoms with van der Waals surface area (Å²) >= 11 is 0. The third-order valence-corrected chi connectivity index (χ3v) is 3.62. The Morgan fingerprint density at radius 3 is 2.45 bits per heavy atom. The van der Waals surface area contributed by atoms with Crippen LogP contribution in [-0.4, -0.2) is 25.1 Å². The van der Waals surface area contributed by atoms with Crippen molar-refractivity contribution in [1.82, 2.24) is 5.32 Å². The lowest BCUT2D eigenvalue weighted by atomic mass is 9.87. The zero-order valence-corrected chi connectivity index (χ0v) is 14.3. The highest BCUT2D eigenvalue weighted by Gasteiger charge is 2.26. The molecule has 0 radical (unpaired) electrons. The van der Waals surface area contributed by atoms with Gasteiger partial charge in [-0.15, -0.1) is 0 Å². The van der Waals surface area contributed by atoms with Gasteiger partial charge in [0.1, 0.15) is 5.75 Å². The monoisotopic (exact) mass is 306 g/mol. The van der Waals surface area contributed by atoms with E-state index in [1.807, 2.05) is 45.0 Å². The zero-order chi connectivity index (χ0) is 16.6. The van der Waals surface area contributed by atoms with Crippen LogP contribution in [0.4, 0.5) is 0 Å². The van der Waals surface area contributed by atoms with Gasteiger partial charge in [-0.3, -0.25) is 4.79 Å². The van der Waals surface area contributed by atoms with Gasteiger partial charge in [-0.1, -0.05) is 46.2 Å². The van der Waals surface area contributed by atoms with Crippen molar-refractivity contribution in [3.8, 4) is 5.75 Å². The molecule has 1 rings (SSSR count). The van der Waals surface area contributed by atoms with Crippen LogP contribution >= 0.6 is 0 Å². The van der Waals surface area contributed by atoms with E-state index < -0.39 is 6.04 Å². The van der Waals surface area contributed by atoms with Crippen LogP contribution in [0.5, 0.6) is 5.75 Å². The summed E-state index contributed by atoms with van der Waals surface area (Å²) in [6.07, 6.45) is 2.99. The van der Waals surface area contributed by atoms with E-state index in [1.54, 1.807) is 0 Å². The largest absolute Gasteiger partial charge is 0.494 e. The predicted molar refractivity (Wildman–Crippen MR) is 91.0 cm³/mol. The number of nitrogens with two attached hydrogens (primary N) is 1. The summed E-state index contributed by atoms with van der Waals surface area (Å²) in [4.78, 5) is 11.9. The number of amides is 1. The second-order valence-corrected chi connectivity index (χ2v) is 6.73. The molecule has 1 atom stereocenters. The second kappa shape index (κ2) is 8.79. The van der Waals surface area contributed by atoms with Crippen molar-refractivity contribution in [2.75, 3.05) is 13.2 Å². The van der Waals surface area contributed by atoms with Crippen molar-refractivity contribution in [2.45, 2.75) is 53.0 Å². The SMILES string of the molecule is CCCCOc1ccc(CCNC(=O)[C@@H](N)C(C)(C)C)cc1. The first-order valence-electron chi connectivity index (χ1n) is 8.09. The third kappa shape index (κ3) is 6.48. The van der Waals surface area contributed by atoms with Crippen molar-refractivity contribution in [3.63, 3.8) is 0 Å². The number of carbonyl (C=O) groups excluding carboxylic acids is 1. The van der Waals surface area contributed by atoms with Crippen LogP contribution in [0.15, 0.2) is 24.3 Å². The Morgan fingerprint density at radius 1 is 1.27 bits per heavy atom. The first-order valence-corrected chi connectivity index (χ1v) is 8.09. The average molecular weight is 306 g/mol. The van der Waals surface area contributed by atoms with Gasteiger partial charge < -0.3 is 15.8 Å². The summed E-state index contributed by atoms with van der Waals surface area (Å²) in [5.41, 5.74) is 6.88. The van der Waals surface area contributed by atoms with E-state index in [-0.39, 0.29) is 11.3 Å². The van der Waals surface area contributed by atoms with Crippen LogP contribution in [-0.2, 0) is 11.2 Å². The zero-order valence-electron chi connectivity index (χ0n) is 14.3. The number of hydrogen-bond donors (Lipinski definition) is 2. The van der Waals surface area contributed by atoms with E-state index in [4.69, 9.17) is 10.5 Å². The number of benzene rings is 1. The molecule has 4 nitrogen and oxygen atoms in total. The van der Waals surface area contributed by atoms with Crippen LogP contribution in [0.25, 0.3) is 0 Å². The van der Waals surface area contributed by atoms with Gasteiger partial charge in [-0.05, 0) is 36.0 Å². The van der Waals surface area contributed by atoms with Crippen LogP contribution in [0.1, 0.15) is 46.1 Å². The maximum absolute atomic E-state index is 11.9. The van der Waals surface area contributed by atoms with Gasteiger partial charge in [0.05, 0.1) is 12.6 Å². The fraction of sp³-hybridized carbons (Fsp3) is 0.611. The van der Waals surface area contributed by atoms with Gasteiger partial charge >= 0.3 is 0 Å². The highest BCUT2D eigenvalue weighted by atomic mass is 16.5. The summed E-state index contributed by atoms with van der Waals surface area (Å²) < 4.78 is 5.63. The second-order valence-electron chi connectivity index (χ2n) is 6.73. The number of unbranched alkanes of at least 4 members (excludes halogenated alkanes) is 1. The topological polar surface area (TPSA) is 64.3 Å². The van der Waals surface area contributed by atoms with Crippen molar-refractivity contribution >= 4 is 5.91 Å². The Hall–Kier alpha value is -1.55. The number of rotatable bonds is 8. The van der Waals surface area contributed by atoms with Crippen LogP contribution < -0.4 is 15.8 Å². The molecule has 1 aromatic carbocycles. The summed E-state index contributed by atoms with van der Waals surface area (Å²) in [6, 6.07) is 7.55. The lowest BCUT2D eigenvalue weighted by molar-refractivity contribution is -0.124. The molecule has 1 amide bonds. The van der Waals surface area contributed by atoms with Gasteiger partial charge in [0, 0.05) is 6.54 Å². The maximum atomic E-state index is 11.9. The molecule has 0 saturated carbocycles. The molecule has 3 N–H and O–H groups in total. The van der Waals surface area contributed by atoms with Gasteiger partial charge in [0.15, 0.2) is 0 Å². The normalized spacial score (nSPS) is 12.8. The number of ether oxygens (including phenoxy) is 1. The van der Waals surface area contributed by atoms with Crippen molar-refractivity contribution in [2.24, 2.45) is 11.1 Å². The molecule has 124 valence electrons. The molecule has 0 bridgehead atoms. The molecule has 0 aliphatic rings. The smallest absolute Gasteiger partial charge is 0.237 e.